The summed E-state index contributed by atoms with van der Waals surface area (Å²) in [6.45, 7) is 3.11. The number of benzene rings is 4. The zero-order valence-corrected chi connectivity index (χ0v) is 31.2. The summed E-state index contributed by atoms with van der Waals surface area (Å²) in [6, 6.07) is 42.7. The molecule has 48 heavy (non-hydrogen) atoms. The van der Waals surface area contributed by atoms with E-state index in [0.29, 0.717) is 5.56 Å². The van der Waals surface area contributed by atoms with Crippen LogP contribution in [-0.4, -0.2) is 35.4 Å². The van der Waals surface area contributed by atoms with Crippen molar-refractivity contribution in [3.8, 4) is 0 Å². The van der Waals surface area contributed by atoms with Crippen molar-refractivity contribution in [3.63, 3.8) is 0 Å². The molecule has 1 fully saturated rings. The van der Waals surface area contributed by atoms with Crippen LogP contribution in [0.25, 0.3) is 0 Å². The topological polar surface area (TPSA) is 118 Å². The Morgan fingerprint density at radius 2 is 0.833 bits per heavy atom. The molecule has 1 aliphatic rings. The molecule has 6 radical (unpaired) electrons. The van der Waals surface area contributed by atoms with E-state index in [0.717, 1.165) is 25.4 Å². The number of hydrogen-bond donors (Lipinski definition) is 4. The van der Waals surface area contributed by atoms with E-state index in [1.165, 1.54) is 27.4 Å². The second-order valence-electron chi connectivity index (χ2n) is 9.94. The Morgan fingerprint density at radius 1 is 0.542 bits per heavy atom. The summed E-state index contributed by atoms with van der Waals surface area (Å²) in [6.07, 6.45) is 13.5. The van der Waals surface area contributed by atoms with Crippen LogP contribution < -0.4 is 56.3 Å². The number of nitrogens with two attached hydrogens (primary N) is 2. The van der Waals surface area contributed by atoms with E-state index >= 15 is 0 Å². The van der Waals surface area contributed by atoms with Gasteiger partial charge in [-0.3, -0.25) is 9.78 Å². The zero-order chi connectivity index (χ0) is 32.8. The van der Waals surface area contributed by atoms with Crippen molar-refractivity contribution in [1.29, 1.82) is 0 Å². The van der Waals surface area contributed by atoms with Crippen LogP contribution in [0.15, 0.2) is 137 Å². The maximum absolute atomic E-state index is 10.6. The summed E-state index contributed by atoms with van der Waals surface area (Å²) in [5.41, 5.74) is 11.1. The molecule has 6 rings (SSSR count). The minimum absolute atomic E-state index is 0. The van der Waals surface area contributed by atoms with Crippen molar-refractivity contribution >= 4 is 37.1 Å². The molecule has 1 saturated carbocycles. The average Bonchev–Trinajstić information content (AvgIpc) is 3.71. The van der Waals surface area contributed by atoms with Crippen molar-refractivity contribution in [3.05, 3.63) is 186 Å². The number of H-pyrrole nitrogens is 2. The van der Waals surface area contributed by atoms with E-state index in [-0.39, 0.29) is 53.3 Å². The van der Waals surface area contributed by atoms with Gasteiger partial charge in [-0.25, -0.2) is 4.79 Å². The minimum atomic E-state index is -0.467. The number of aryl methyl sites for hydroxylation is 1. The van der Waals surface area contributed by atoms with Gasteiger partial charge < -0.3 is 28.9 Å². The molecule has 5 aromatic rings. The van der Waals surface area contributed by atoms with Gasteiger partial charge in [-0.15, -0.1) is 0 Å². The normalized spacial score (nSPS) is 11.4. The molecule has 1 aliphatic carbocycles. The summed E-state index contributed by atoms with van der Waals surface area (Å²) < 4.78 is 0. The fraction of sp³-hybridized carbons (Fsp3) is 0.132. The Hall–Kier alpha value is -2.75. The van der Waals surface area contributed by atoms with Crippen LogP contribution in [0.5, 0.6) is 0 Å². The van der Waals surface area contributed by atoms with Gasteiger partial charge in [-0.05, 0) is 102 Å². The van der Waals surface area contributed by atoms with E-state index in [1.807, 2.05) is 32.1 Å². The second-order valence-corrected chi connectivity index (χ2v) is 14.6. The fourth-order valence-electron chi connectivity index (χ4n) is 4.30. The predicted molar refractivity (Wildman–Crippen MR) is 200 cm³/mol. The van der Waals surface area contributed by atoms with E-state index in [9.17, 15) is 9.59 Å². The van der Waals surface area contributed by atoms with Crippen LogP contribution in [0, 0.1) is 39.0 Å². The third-order valence-electron chi connectivity index (χ3n) is 6.54. The SMILES string of the molecule is Cc1c[nH]c(=O)[nH]c1=O.NCCP(c1ccccc1)c1ccccc1.NCCP(c1ccccc1)c1ccccc1.[CH]1[CH][CH][CH][CH]1.[Cl-].[Ru+]. The van der Waals surface area contributed by atoms with Gasteiger partial charge in [0.2, 0.25) is 0 Å². The third-order valence-corrected chi connectivity index (χ3v) is 11.6. The molecule has 252 valence electrons. The second kappa shape index (κ2) is 26.2. The molecule has 10 heteroatoms. The van der Waals surface area contributed by atoms with Crippen molar-refractivity contribution < 1.29 is 31.9 Å². The maximum Gasteiger partial charge on any atom is 1.00 e. The molecule has 0 bridgehead atoms. The van der Waals surface area contributed by atoms with Crippen molar-refractivity contribution in [2.75, 3.05) is 25.4 Å². The Balaban J connectivity index is 0.000000338. The van der Waals surface area contributed by atoms with Gasteiger partial charge in [-0.2, -0.15) is 0 Å². The Kier molecular flexibility index (Phi) is 23.6. The Bertz CT molecular complexity index is 1440. The summed E-state index contributed by atoms with van der Waals surface area (Å²) in [5, 5.41) is 5.64. The van der Waals surface area contributed by atoms with Gasteiger partial charge >= 0.3 is 25.2 Å². The van der Waals surface area contributed by atoms with E-state index < -0.39 is 5.69 Å². The Morgan fingerprint density at radius 3 is 1.06 bits per heavy atom. The quantitative estimate of drug-likeness (QED) is 0.141. The number of halogens is 1. The van der Waals surface area contributed by atoms with Crippen molar-refractivity contribution in [2.24, 2.45) is 11.5 Å². The molecule has 0 unspecified atom stereocenters. The monoisotopic (exact) mass is 786 g/mol. The molecule has 0 aliphatic heterocycles. The first-order valence-corrected chi connectivity index (χ1v) is 18.2. The predicted octanol–water partition coefficient (Wildman–Crippen LogP) is 1.55. The van der Waals surface area contributed by atoms with Gasteiger partial charge in [0.25, 0.3) is 5.56 Å². The van der Waals surface area contributed by atoms with Crippen LogP contribution >= 0.6 is 15.8 Å². The molecular weight excluding hydrogens is 743 g/mol. The van der Waals surface area contributed by atoms with Gasteiger partial charge in [0.05, 0.1) is 0 Å². The molecule has 0 saturated heterocycles. The molecule has 0 spiro atoms. The zero-order valence-electron chi connectivity index (χ0n) is 26.9. The smallest absolute Gasteiger partial charge is 1.00 e. The van der Waals surface area contributed by atoms with E-state index in [2.05, 4.69) is 131 Å². The van der Waals surface area contributed by atoms with Crippen LogP contribution in [0.3, 0.4) is 0 Å². The van der Waals surface area contributed by atoms with Crippen LogP contribution in [0.4, 0.5) is 0 Å². The van der Waals surface area contributed by atoms with Crippen LogP contribution in [0.2, 0.25) is 0 Å². The fourth-order valence-corrected chi connectivity index (χ4v) is 8.58. The molecular formula is C38H43ClN4O2P2Ru. The van der Waals surface area contributed by atoms with Crippen molar-refractivity contribution in [1.82, 2.24) is 9.97 Å². The molecule has 1 aromatic heterocycles. The molecule has 0 amide bonds. The molecule has 4 aromatic carbocycles. The molecule has 1 heterocycles. The summed E-state index contributed by atoms with van der Waals surface area (Å²) >= 11 is 0. The number of aromatic nitrogens is 2. The molecule has 0 atom stereocenters. The Labute approximate surface area is 307 Å². The van der Waals surface area contributed by atoms with Gasteiger partial charge in [-0.1, -0.05) is 121 Å². The number of rotatable bonds is 8. The van der Waals surface area contributed by atoms with Crippen LogP contribution in [-0.2, 0) is 19.5 Å². The number of hydrogen-bond acceptors (Lipinski definition) is 4. The molecule has 6 N–H and O–H groups in total. The summed E-state index contributed by atoms with van der Waals surface area (Å²) in [5.74, 6) is 0. The largest absolute Gasteiger partial charge is 1.00 e. The summed E-state index contributed by atoms with van der Waals surface area (Å²) in [7, 11) is -0.552. The maximum atomic E-state index is 10.6. The first-order chi connectivity index (χ1) is 22.5. The third kappa shape index (κ3) is 16.1. The standard InChI is InChI=1S/2C14H16NP.C5H6N2O2.C5H5.ClH.Ru/c2*15-11-12-16(13-7-3-1-4-8-13)14-9-5-2-6-10-14;1-3-2-6-5(9)7-4(3)8;1-2-4-5-3-1;;/h2*1-10H,11-12,15H2;2H,1H3,(H2,6,7,8,9);1-5H;1H;/q;;;;;+1/p-1. The molecule has 6 nitrogen and oxygen atoms in total. The number of aromatic amines is 2. The first kappa shape index (κ1) is 43.3. The first-order valence-electron chi connectivity index (χ1n) is 15.1. The average molecular weight is 786 g/mol. The van der Waals surface area contributed by atoms with Gasteiger partial charge in [0.1, 0.15) is 0 Å². The number of nitrogens with one attached hydrogen (secondary N) is 2. The van der Waals surface area contributed by atoms with Crippen molar-refractivity contribution in [2.45, 2.75) is 6.92 Å². The van der Waals surface area contributed by atoms with E-state index in [4.69, 9.17) is 11.5 Å². The van der Waals surface area contributed by atoms with Gasteiger partial charge in [0, 0.05) is 11.8 Å². The van der Waals surface area contributed by atoms with Crippen LogP contribution in [0.1, 0.15) is 5.56 Å². The van der Waals surface area contributed by atoms with Gasteiger partial charge in [0.15, 0.2) is 0 Å². The minimum Gasteiger partial charge on any atom is -1.00 e. The van der Waals surface area contributed by atoms with E-state index in [1.54, 1.807) is 6.92 Å². The summed E-state index contributed by atoms with van der Waals surface area (Å²) in [4.78, 5) is 25.3.